The van der Waals surface area contributed by atoms with Crippen molar-refractivity contribution in [2.24, 2.45) is 0 Å². The third-order valence-electron chi connectivity index (χ3n) is 3.29. The van der Waals surface area contributed by atoms with E-state index in [1.54, 1.807) is 18.3 Å². The molecule has 1 heterocycles. The van der Waals surface area contributed by atoms with Crippen LogP contribution < -0.4 is 5.32 Å². The van der Waals surface area contributed by atoms with Gasteiger partial charge >= 0.3 is 0 Å². The van der Waals surface area contributed by atoms with Gasteiger partial charge in [0.1, 0.15) is 16.6 Å². The molecule has 124 valence electrons. The maximum Gasteiger partial charge on any atom is 0.136 e. The zero-order valence-electron chi connectivity index (χ0n) is 12.6. The summed E-state index contributed by atoms with van der Waals surface area (Å²) in [7, 11) is 0. The molecule has 0 spiro atoms. The molecule has 2 aromatic carbocycles. The predicted octanol–water partition coefficient (Wildman–Crippen LogP) is 6.86. The third kappa shape index (κ3) is 4.42. The van der Waals surface area contributed by atoms with Gasteiger partial charge in [-0.25, -0.2) is 4.98 Å². The molecule has 0 saturated carbocycles. The van der Waals surface area contributed by atoms with Gasteiger partial charge in [0.15, 0.2) is 0 Å². The van der Waals surface area contributed by atoms with Crippen LogP contribution in [0.2, 0.25) is 10.0 Å². The standard InChI is InChI=1S/C18H10BrCl2N3S/c19-12-1-4-14(5-2-12)23-9-11(8-22)18-24-17(10-25-18)15-6-3-13(20)7-16(15)21/h1-7,9-10,23H/b11-9+. The first-order valence-electron chi connectivity index (χ1n) is 7.10. The van der Waals surface area contributed by atoms with Crippen LogP contribution in [-0.2, 0) is 0 Å². The van der Waals surface area contributed by atoms with Crippen LogP contribution >= 0.6 is 50.5 Å². The van der Waals surface area contributed by atoms with E-state index < -0.39 is 0 Å². The molecular weight excluding hydrogens is 441 g/mol. The summed E-state index contributed by atoms with van der Waals surface area (Å²) in [4.78, 5) is 4.52. The van der Waals surface area contributed by atoms with E-state index in [0.717, 1.165) is 15.7 Å². The van der Waals surface area contributed by atoms with Gasteiger partial charge in [-0.2, -0.15) is 5.26 Å². The van der Waals surface area contributed by atoms with Crippen molar-refractivity contribution in [2.75, 3.05) is 5.32 Å². The fourth-order valence-electron chi connectivity index (χ4n) is 2.06. The van der Waals surface area contributed by atoms with Crippen molar-refractivity contribution in [3.05, 3.63) is 73.6 Å². The minimum atomic E-state index is 0.448. The largest absolute Gasteiger partial charge is 0.360 e. The molecule has 1 aromatic heterocycles. The quantitative estimate of drug-likeness (QED) is 0.441. The van der Waals surface area contributed by atoms with E-state index >= 15 is 0 Å². The second-order valence-corrected chi connectivity index (χ2v) is 7.60. The van der Waals surface area contributed by atoms with Gasteiger partial charge in [0.05, 0.1) is 10.7 Å². The molecule has 25 heavy (non-hydrogen) atoms. The van der Waals surface area contributed by atoms with Crippen LogP contribution in [0.3, 0.4) is 0 Å². The van der Waals surface area contributed by atoms with Gasteiger partial charge in [-0.1, -0.05) is 39.1 Å². The molecule has 0 aliphatic heterocycles. The second-order valence-electron chi connectivity index (χ2n) is 4.98. The van der Waals surface area contributed by atoms with Crippen LogP contribution in [-0.4, -0.2) is 4.98 Å². The molecule has 0 aliphatic rings. The van der Waals surface area contributed by atoms with Crippen LogP contribution in [0.4, 0.5) is 5.69 Å². The Kier molecular flexibility index (Phi) is 5.77. The minimum Gasteiger partial charge on any atom is -0.360 e. The molecule has 0 saturated heterocycles. The third-order valence-corrected chi connectivity index (χ3v) is 5.24. The summed E-state index contributed by atoms with van der Waals surface area (Å²) in [5.74, 6) is 0. The Morgan fingerprint density at radius 1 is 1.20 bits per heavy atom. The number of benzene rings is 2. The maximum atomic E-state index is 9.43. The van der Waals surface area contributed by atoms with E-state index in [9.17, 15) is 5.26 Å². The molecule has 0 amide bonds. The summed E-state index contributed by atoms with van der Waals surface area (Å²) in [5, 5.41) is 16.1. The molecule has 3 aromatic rings. The summed E-state index contributed by atoms with van der Waals surface area (Å²) in [6.45, 7) is 0. The molecule has 0 fully saturated rings. The Morgan fingerprint density at radius 2 is 1.96 bits per heavy atom. The highest BCUT2D eigenvalue weighted by Gasteiger charge is 2.11. The van der Waals surface area contributed by atoms with E-state index in [0.29, 0.717) is 26.3 Å². The number of rotatable bonds is 4. The van der Waals surface area contributed by atoms with Gasteiger partial charge in [-0.15, -0.1) is 11.3 Å². The number of thiazole rings is 1. The van der Waals surface area contributed by atoms with Crippen LogP contribution in [0, 0.1) is 11.3 Å². The van der Waals surface area contributed by atoms with Crippen molar-refractivity contribution in [3.63, 3.8) is 0 Å². The average Bonchev–Trinajstić information content (AvgIpc) is 3.06. The van der Waals surface area contributed by atoms with Crippen molar-refractivity contribution in [1.82, 2.24) is 4.98 Å². The van der Waals surface area contributed by atoms with Crippen molar-refractivity contribution in [1.29, 1.82) is 5.26 Å². The first-order valence-corrected chi connectivity index (χ1v) is 9.53. The Labute approximate surface area is 167 Å². The first-order chi connectivity index (χ1) is 12.1. The van der Waals surface area contributed by atoms with Gasteiger partial charge in [-0.05, 0) is 42.5 Å². The summed E-state index contributed by atoms with van der Waals surface area (Å²) in [6.07, 6.45) is 1.65. The van der Waals surface area contributed by atoms with Crippen molar-refractivity contribution in [2.45, 2.75) is 0 Å². The highest BCUT2D eigenvalue weighted by molar-refractivity contribution is 9.10. The zero-order valence-corrected chi connectivity index (χ0v) is 16.5. The number of nitrogens with one attached hydrogen (secondary N) is 1. The summed E-state index contributed by atoms with van der Waals surface area (Å²) < 4.78 is 0.993. The SMILES string of the molecule is N#C/C(=C\Nc1ccc(Br)cc1)c1nc(-c2ccc(Cl)cc2Cl)cs1. The van der Waals surface area contributed by atoms with Crippen LogP contribution in [0.15, 0.2) is 58.5 Å². The molecule has 3 rings (SSSR count). The Balaban J connectivity index is 1.85. The minimum absolute atomic E-state index is 0.448. The Morgan fingerprint density at radius 3 is 2.64 bits per heavy atom. The molecule has 0 radical (unpaired) electrons. The summed E-state index contributed by atoms with van der Waals surface area (Å²) in [5.41, 5.74) is 2.83. The topological polar surface area (TPSA) is 48.7 Å². The number of nitriles is 1. The lowest BCUT2D eigenvalue weighted by Crippen LogP contribution is -1.91. The zero-order chi connectivity index (χ0) is 17.8. The number of anilines is 1. The molecule has 7 heteroatoms. The Hall–Kier alpha value is -1.84. The van der Waals surface area contributed by atoms with Crippen molar-refractivity contribution in [3.8, 4) is 17.3 Å². The highest BCUT2D eigenvalue weighted by atomic mass is 79.9. The smallest absolute Gasteiger partial charge is 0.136 e. The van der Waals surface area contributed by atoms with Gasteiger partial charge < -0.3 is 5.32 Å². The maximum absolute atomic E-state index is 9.43. The predicted molar refractivity (Wildman–Crippen MR) is 109 cm³/mol. The van der Waals surface area contributed by atoms with Gasteiger partial charge in [-0.3, -0.25) is 0 Å². The Bertz CT molecular complexity index is 975. The van der Waals surface area contributed by atoms with E-state index in [4.69, 9.17) is 23.2 Å². The van der Waals surface area contributed by atoms with Crippen molar-refractivity contribution < 1.29 is 0 Å². The van der Waals surface area contributed by atoms with Gasteiger partial charge in [0.25, 0.3) is 0 Å². The van der Waals surface area contributed by atoms with E-state index in [1.807, 2.05) is 35.7 Å². The van der Waals surface area contributed by atoms with Crippen LogP contribution in [0.1, 0.15) is 5.01 Å². The van der Waals surface area contributed by atoms with E-state index in [1.165, 1.54) is 11.3 Å². The molecule has 3 nitrogen and oxygen atoms in total. The summed E-state index contributed by atoms with van der Waals surface area (Å²) in [6, 6.07) is 15.1. The van der Waals surface area contributed by atoms with Gasteiger partial charge in [0, 0.05) is 32.3 Å². The van der Waals surface area contributed by atoms with E-state index in [-0.39, 0.29) is 0 Å². The lowest BCUT2D eigenvalue weighted by molar-refractivity contribution is 1.36. The lowest BCUT2D eigenvalue weighted by atomic mass is 10.2. The average molecular weight is 451 g/mol. The van der Waals surface area contributed by atoms with Crippen molar-refractivity contribution >= 4 is 61.7 Å². The fourth-order valence-corrected chi connectivity index (χ4v) is 3.62. The second kappa shape index (κ2) is 8.03. The van der Waals surface area contributed by atoms with E-state index in [2.05, 4.69) is 32.3 Å². The fraction of sp³-hybridized carbons (Fsp3) is 0. The number of aromatic nitrogens is 1. The molecule has 0 atom stereocenters. The number of allylic oxidation sites excluding steroid dienone is 1. The molecule has 0 aliphatic carbocycles. The number of hydrogen-bond acceptors (Lipinski definition) is 4. The number of halogens is 3. The monoisotopic (exact) mass is 449 g/mol. The lowest BCUT2D eigenvalue weighted by Gasteiger charge is -2.02. The first kappa shape index (κ1) is 18.0. The molecular formula is C18H10BrCl2N3S. The molecule has 0 bridgehead atoms. The summed E-state index contributed by atoms with van der Waals surface area (Å²) >= 11 is 16.9. The van der Waals surface area contributed by atoms with Crippen LogP contribution in [0.5, 0.6) is 0 Å². The molecule has 1 N–H and O–H groups in total. The van der Waals surface area contributed by atoms with Gasteiger partial charge in [0.2, 0.25) is 0 Å². The number of hydrogen-bond donors (Lipinski definition) is 1. The number of nitrogens with zero attached hydrogens (tertiary/aromatic N) is 2. The highest BCUT2D eigenvalue weighted by Crippen LogP contribution is 2.32. The molecule has 0 unspecified atom stereocenters. The normalized spacial score (nSPS) is 11.2. The van der Waals surface area contributed by atoms with Crippen LogP contribution in [0.25, 0.3) is 16.8 Å².